The maximum absolute atomic E-state index is 4.79. The molecule has 1 aliphatic heterocycles. The molecule has 22 heavy (non-hydrogen) atoms. The first-order valence-corrected chi connectivity index (χ1v) is 8.39. The molecule has 1 saturated heterocycles. The fraction of sp³-hybridized carbons (Fsp3) is 0.294. The summed E-state index contributed by atoms with van der Waals surface area (Å²) in [5.74, 6) is 1.66. The van der Waals surface area contributed by atoms with Gasteiger partial charge in [0.2, 0.25) is 0 Å². The van der Waals surface area contributed by atoms with Crippen LogP contribution in [0.15, 0.2) is 42.0 Å². The second kappa shape index (κ2) is 5.66. The number of nitrogens with one attached hydrogen (secondary N) is 1. The topological polar surface area (TPSA) is 41.0 Å². The number of hydrogen-bond donors (Lipinski definition) is 1. The summed E-state index contributed by atoms with van der Waals surface area (Å²) in [5, 5.41) is 6.70. The van der Waals surface area contributed by atoms with Crippen molar-refractivity contribution in [3.05, 3.63) is 42.0 Å². The van der Waals surface area contributed by atoms with Crippen molar-refractivity contribution in [2.45, 2.75) is 0 Å². The van der Waals surface area contributed by atoms with Crippen LogP contribution in [0.3, 0.4) is 0 Å². The molecular weight excluding hydrogens is 292 g/mol. The van der Waals surface area contributed by atoms with Crippen LogP contribution in [0.5, 0.6) is 0 Å². The quantitative estimate of drug-likeness (QED) is 0.804. The van der Waals surface area contributed by atoms with Crippen LogP contribution in [0.1, 0.15) is 0 Å². The second-order valence-corrected chi connectivity index (χ2v) is 6.79. The molecule has 5 heteroatoms. The summed E-state index contributed by atoms with van der Waals surface area (Å²) in [6.45, 7) is 3.23. The molecule has 0 spiro atoms. The minimum absolute atomic E-state index is 0.720. The van der Waals surface area contributed by atoms with Crippen molar-refractivity contribution in [2.24, 2.45) is 5.92 Å². The summed E-state index contributed by atoms with van der Waals surface area (Å²) < 4.78 is 1.31. The van der Waals surface area contributed by atoms with Gasteiger partial charge in [0.25, 0.3) is 0 Å². The Morgan fingerprint density at radius 1 is 1.27 bits per heavy atom. The number of benzene rings is 1. The van der Waals surface area contributed by atoms with Crippen molar-refractivity contribution in [1.29, 1.82) is 0 Å². The Morgan fingerprint density at radius 3 is 3.00 bits per heavy atom. The third-order valence-corrected chi connectivity index (χ3v) is 5.06. The van der Waals surface area contributed by atoms with E-state index in [9.17, 15) is 0 Å². The number of anilines is 1. The van der Waals surface area contributed by atoms with Crippen LogP contribution >= 0.6 is 11.3 Å². The second-order valence-electron chi connectivity index (χ2n) is 5.84. The minimum Gasteiger partial charge on any atom is -0.358 e. The standard InChI is InChI=1S/C17H18N4S/c1-21(11-12-7-18-8-12)17-10-19-9-15(20-17)13-2-3-16-14(6-13)4-5-22-16/h2-6,9-10,12,18H,7-8,11H2,1H3. The molecule has 1 fully saturated rings. The number of rotatable bonds is 4. The third kappa shape index (κ3) is 2.58. The average molecular weight is 310 g/mol. The molecule has 0 amide bonds. The molecule has 0 unspecified atom stereocenters. The van der Waals surface area contributed by atoms with E-state index in [-0.39, 0.29) is 0 Å². The molecule has 0 saturated carbocycles. The zero-order valence-corrected chi connectivity index (χ0v) is 13.3. The fourth-order valence-electron chi connectivity index (χ4n) is 2.76. The van der Waals surface area contributed by atoms with Gasteiger partial charge in [-0.1, -0.05) is 6.07 Å². The molecule has 3 aromatic rings. The minimum atomic E-state index is 0.720. The lowest BCUT2D eigenvalue weighted by molar-refractivity contribution is 0.352. The predicted octanol–water partition coefficient (Wildman–Crippen LogP) is 3.01. The highest BCUT2D eigenvalue weighted by Gasteiger charge is 2.19. The Morgan fingerprint density at radius 2 is 2.18 bits per heavy atom. The highest BCUT2D eigenvalue weighted by Crippen LogP contribution is 2.27. The first-order valence-electron chi connectivity index (χ1n) is 7.51. The summed E-state index contributed by atoms with van der Waals surface area (Å²) in [7, 11) is 2.09. The van der Waals surface area contributed by atoms with Gasteiger partial charge in [-0.25, -0.2) is 4.98 Å². The van der Waals surface area contributed by atoms with Gasteiger partial charge in [0, 0.05) is 42.9 Å². The Balaban J connectivity index is 1.62. The van der Waals surface area contributed by atoms with Crippen LogP contribution in [0, 0.1) is 5.92 Å². The lowest BCUT2D eigenvalue weighted by atomic mass is 10.0. The SMILES string of the molecule is CN(CC1CNC1)c1cncc(-c2ccc3sccc3c2)n1. The third-order valence-electron chi connectivity index (χ3n) is 4.16. The van der Waals surface area contributed by atoms with Gasteiger partial charge in [-0.2, -0.15) is 0 Å². The maximum atomic E-state index is 4.79. The lowest BCUT2D eigenvalue weighted by Gasteiger charge is -2.31. The van der Waals surface area contributed by atoms with Gasteiger partial charge in [0.15, 0.2) is 0 Å². The molecule has 2 aromatic heterocycles. The summed E-state index contributed by atoms with van der Waals surface area (Å²) in [6.07, 6.45) is 3.69. The highest BCUT2D eigenvalue weighted by molar-refractivity contribution is 7.17. The van der Waals surface area contributed by atoms with Crippen LogP contribution in [0.2, 0.25) is 0 Å². The number of aromatic nitrogens is 2. The van der Waals surface area contributed by atoms with Crippen LogP contribution < -0.4 is 10.2 Å². The van der Waals surface area contributed by atoms with Gasteiger partial charge in [-0.05, 0) is 29.0 Å². The Kier molecular flexibility index (Phi) is 3.52. The normalized spacial score (nSPS) is 15.0. The molecule has 1 N–H and O–H groups in total. The molecule has 4 rings (SSSR count). The fourth-order valence-corrected chi connectivity index (χ4v) is 3.53. The summed E-state index contributed by atoms with van der Waals surface area (Å²) in [6, 6.07) is 8.63. The molecule has 0 atom stereocenters. The molecule has 4 nitrogen and oxygen atoms in total. The van der Waals surface area contributed by atoms with Crippen molar-refractivity contribution in [3.8, 4) is 11.3 Å². The molecule has 1 aromatic carbocycles. The van der Waals surface area contributed by atoms with Gasteiger partial charge >= 0.3 is 0 Å². The van der Waals surface area contributed by atoms with Crippen molar-refractivity contribution >= 4 is 27.2 Å². The number of thiophene rings is 1. The molecule has 1 aliphatic rings. The molecule has 0 radical (unpaired) electrons. The van der Waals surface area contributed by atoms with Crippen molar-refractivity contribution in [1.82, 2.24) is 15.3 Å². The molecular formula is C17H18N4S. The van der Waals surface area contributed by atoms with E-state index in [1.165, 1.54) is 10.1 Å². The monoisotopic (exact) mass is 310 g/mol. The van der Waals surface area contributed by atoms with Crippen LogP contribution in [-0.4, -0.2) is 36.6 Å². The van der Waals surface area contributed by atoms with Crippen molar-refractivity contribution < 1.29 is 0 Å². The molecule has 112 valence electrons. The van der Waals surface area contributed by atoms with Gasteiger partial charge in [0.1, 0.15) is 5.82 Å². The predicted molar refractivity (Wildman–Crippen MR) is 92.5 cm³/mol. The Labute approximate surface area is 133 Å². The summed E-state index contributed by atoms with van der Waals surface area (Å²) in [4.78, 5) is 11.4. The van der Waals surface area contributed by atoms with Gasteiger partial charge in [-0.3, -0.25) is 4.98 Å². The van der Waals surface area contributed by atoms with Gasteiger partial charge in [-0.15, -0.1) is 11.3 Å². The first kappa shape index (κ1) is 13.7. The molecule has 0 aliphatic carbocycles. The maximum Gasteiger partial charge on any atom is 0.147 e. The lowest BCUT2D eigenvalue weighted by Crippen LogP contribution is -2.47. The highest BCUT2D eigenvalue weighted by atomic mass is 32.1. The van der Waals surface area contributed by atoms with Crippen LogP contribution in [0.25, 0.3) is 21.3 Å². The van der Waals surface area contributed by atoms with E-state index < -0.39 is 0 Å². The average Bonchev–Trinajstić information content (AvgIpc) is 2.98. The number of nitrogens with zero attached hydrogens (tertiary/aromatic N) is 3. The van der Waals surface area contributed by atoms with E-state index in [1.807, 2.05) is 12.4 Å². The number of fused-ring (bicyclic) bond motifs is 1. The Bertz CT molecular complexity index is 794. The number of hydrogen-bond acceptors (Lipinski definition) is 5. The van der Waals surface area contributed by atoms with Crippen molar-refractivity contribution in [2.75, 3.05) is 31.6 Å². The van der Waals surface area contributed by atoms with Gasteiger partial charge < -0.3 is 10.2 Å². The molecule has 3 heterocycles. The van der Waals surface area contributed by atoms with E-state index in [4.69, 9.17) is 4.98 Å². The van der Waals surface area contributed by atoms with E-state index >= 15 is 0 Å². The zero-order chi connectivity index (χ0) is 14.9. The van der Waals surface area contributed by atoms with E-state index in [0.717, 1.165) is 42.6 Å². The van der Waals surface area contributed by atoms with E-state index in [0.29, 0.717) is 0 Å². The van der Waals surface area contributed by atoms with Gasteiger partial charge in [0.05, 0.1) is 18.1 Å². The smallest absolute Gasteiger partial charge is 0.147 e. The Hall–Kier alpha value is -1.98. The largest absolute Gasteiger partial charge is 0.358 e. The van der Waals surface area contributed by atoms with Crippen LogP contribution in [-0.2, 0) is 0 Å². The summed E-state index contributed by atoms with van der Waals surface area (Å²) in [5.41, 5.74) is 2.06. The zero-order valence-electron chi connectivity index (χ0n) is 12.5. The molecule has 0 bridgehead atoms. The first-order chi connectivity index (χ1) is 10.8. The summed E-state index contributed by atoms with van der Waals surface area (Å²) >= 11 is 1.76. The van der Waals surface area contributed by atoms with Crippen molar-refractivity contribution in [3.63, 3.8) is 0 Å². The van der Waals surface area contributed by atoms with E-state index in [1.54, 1.807) is 11.3 Å². The van der Waals surface area contributed by atoms with Crippen LogP contribution in [0.4, 0.5) is 5.82 Å². The van der Waals surface area contributed by atoms with E-state index in [2.05, 4.69) is 51.9 Å².